The van der Waals surface area contributed by atoms with Gasteiger partial charge in [-0.15, -0.1) is 0 Å². The first kappa shape index (κ1) is 19.5. The molecule has 4 aromatic rings. The summed E-state index contributed by atoms with van der Waals surface area (Å²) >= 11 is 0. The summed E-state index contributed by atoms with van der Waals surface area (Å²) in [5, 5.41) is 16.1. The first-order valence-corrected chi connectivity index (χ1v) is 10.6. The van der Waals surface area contributed by atoms with Crippen LogP contribution in [0.1, 0.15) is 54.0 Å². The molecule has 3 aromatic heterocycles. The Morgan fingerprint density at radius 3 is 2.74 bits per heavy atom. The van der Waals surface area contributed by atoms with Gasteiger partial charge in [0.15, 0.2) is 5.65 Å². The van der Waals surface area contributed by atoms with Gasteiger partial charge in [0.1, 0.15) is 0 Å². The highest BCUT2D eigenvalue weighted by Crippen LogP contribution is 2.40. The van der Waals surface area contributed by atoms with Crippen molar-refractivity contribution in [1.82, 2.24) is 30.3 Å². The van der Waals surface area contributed by atoms with E-state index in [-0.39, 0.29) is 17.4 Å². The SMILES string of the molecule is CNC(=O)c1ccc(C(C)n2cc3cc(-c4n[nH]c5c4CC(C)(C)C5)cnc3n2)cc1. The molecule has 7 heteroatoms. The molecule has 5 rings (SSSR count). The van der Waals surface area contributed by atoms with E-state index in [1.165, 1.54) is 11.3 Å². The Hall–Kier alpha value is -3.48. The lowest BCUT2D eigenvalue weighted by Gasteiger charge is -2.15. The van der Waals surface area contributed by atoms with E-state index in [0.717, 1.165) is 35.0 Å². The van der Waals surface area contributed by atoms with Gasteiger partial charge in [0.2, 0.25) is 0 Å². The second kappa shape index (κ2) is 7.04. The summed E-state index contributed by atoms with van der Waals surface area (Å²) in [5.41, 5.74) is 7.27. The average molecular weight is 415 g/mol. The molecule has 0 spiro atoms. The van der Waals surface area contributed by atoms with E-state index in [2.05, 4.69) is 52.4 Å². The highest BCUT2D eigenvalue weighted by molar-refractivity contribution is 5.94. The molecule has 1 amide bonds. The van der Waals surface area contributed by atoms with Gasteiger partial charge in [-0.05, 0) is 48.9 Å². The standard InChI is InChI=1S/C24H26N6O/c1-14(15-5-7-16(8-6-15)23(31)25-4)30-13-18-9-17(12-26-22(18)29-30)21-19-10-24(2,3)11-20(19)27-28-21/h5-9,12-14H,10-11H2,1-4H3,(H,25,31)(H,27,28). The van der Waals surface area contributed by atoms with Crippen molar-refractivity contribution in [3.05, 3.63) is 65.1 Å². The number of hydrogen-bond acceptors (Lipinski definition) is 4. The molecule has 0 fully saturated rings. The zero-order valence-electron chi connectivity index (χ0n) is 18.2. The quantitative estimate of drug-likeness (QED) is 0.530. The van der Waals surface area contributed by atoms with E-state index in [1.807, 2.05) is 41.3 Å². The Kier molecular flexibility index (Phi) is 4.43. The van der Waals surface area contributed by atoms with E-state index >= 15 is 0 Å². The van der Waals surface area contributed by atoms with Crippen molar-refractivity contribution in [3.63, 3.8) is 0 Å². The number of H-pyrrole nitrogens is 1. The summed E-state index contributed by atoms with van der Waals surface area (Å²) in [6.07, 6.45) is 5.94. The van der Waals surface area contributed by atoms with Crippen molar-refractivity contribution in [3.8, 4) is 11.3 Å². The molecular formula is C24H26N6O. The fourth-order valence-electron chi connectivity index (χ4n) is 4.47. The summed E-state index contributed by atoms with van der Waals surface area (Å²) in [4.78, 5) is 16.4. The van der Waals surface area contributed by atoms with Crippen molar-refractivity contribution < 1.29 is 4.79 Å². The first-order chi connectivity index (χ1) is 14.8. The minimum atomic E-state index is -0.0889. The van der Waals surface area contributed by atoms with Gasteiger partial charge in [0.25, 0.3) is 5.91 Å². The third kappa shape index (κ3) is 3.40. The molecule has 1 aliphatic rings. The number of rotatable bonds is 4. The lowest BCUT2D eigenvalue weighted by molar-refractivity contribution is 0.0963. The maximum atomic E-state index is 11.8. The third-order valence-corrected chi connectivity index (χ3v) is 6.19. The highest BCUT2D eigenvalue weighted by Gasteiger charge is 2.32. The molecule has 2 N–H and O–H groups in total. The number of aromatic amines is 1. The van der Waals surface area contributed by atoms with Crippen LogP contribution in [-0.2, 0) is 12.8 Å². The number of carbonyl (C=O) groups excluding carboxylic acids is 1. The molecule has 1 unspecified atom stereocenters. The highest BCUT2D eigenvalue weighted by atomic mass is 16.1. The molecule has 1 atom stereocenters. The smallest absolute Gasteiger partial charge is 0.251 e. The Balaban J connectivity index is 1.45. The maximum Gasteiger partial charge on any atom is 0.251 e. The predicted octanol–water partition coefficient (Wildman–Crippen LogP) is 3.92. The second-order valence-corrected chi connectivity index (χ2v) is 9.17. The monoisotopic (exact) mass is 414 g/mol. The lowest BCUT2D eigenvalue weighted by atomic mass is 9.90. The molecule has 1 aromatic carbocycles. The number of pyridine rings is 1. The van der Waals surface area contributed by atoms with Gasteiger partial charge in [-0.3, -0.25) is 14.6 Å². The average Bonchev–Trinajstić information content (AvgIpc) is 3.43. The van der Waals surface area contributed by atoms with Crippen LogP contribution in [0.25, 0.3) is 22.3 Å². The minimum Gasteiger partial charge on any atom is -0.355 e. The van der Waals surface area contributed by atoms with E-state index in [9.17, 15) is 4.79 Å². The van der Waals surface area contributed by atoms with Gasteiger partial charge in [-0.25, -0.2) is 4.98 Å². The van der Waals surface area contributed by atoms with Crippen molar-refractivity contribution in [2.75, 3.05) is 7.05 Å². The van der Waals surface area contributed by atoms with Gasteiger partial charge >= 0.3 is 0 Å². The van der Waals surface area contributed by atoms with Crippen LogP contribution >= 0.6 is 0 Å². The molecule has 0 radical (unpaired) electrons. The van der Waals surface area contributed by atoms with Crippen molar-refractivity contribution in [2.24, 2.45) is 5.41 Å². The summed E-state index contributed by atoms with van der Waals surface area (Å²) < 4.78 is 1.93. The topological polar surface area (TPSA) is 88.5 Å². The largest absolute Gasteiger partial charge is 0.355 e. The third-order valence-electron chi connectivity index (χ3n) is 6.19. The number of amides is 1. The van der Waals surface area contributed by atoms with Crippen LogP contribution in [-0.4, -0.2) is 37.9 Å². The second-order valence-electron chi connectivity index (χ2n) is 9.17. The predicted molar refractivity (Wildman–Crippen MR) is 120 cm³/mol. The first-order valence-electron chi connectivity index (χ1n) is 10.6. The zero-order valence-corrected chi connectivity index (χ0v) is 18.2. The fraction of sp³-hybridized carbons (Fsp3) is 0.333. The molecule has 0 bridgehead atoms. The van der Waals surface area contributed by atoms with E-state index in [1.54, 1.807) is 7.05 Å². The molecule has 7 nitrogen and oxygen atoms in total. The Morgan fingerprint density at radius 2 is 2.00 bits per heavy atom. The summed E-state index contributed by atoms with van der Waals surface area (Å²) in [7, 11) is 1.63. The molecular weight excluding hydrogens is 388 g/mol. The van der Waals surface area contributed by atoms with E-state index < -0.39 is 0 Å². The van der Waals surface area contributed by atoms with Gasteiger partial charge in [-0.1, -0.05) is 26.0 Å². The van der Waals surface area contributed by atoms with Gasteiger partial charge in [-0.2, -0.15) is 10.2 Å². The van der Waals surface area contributed by atoms with Crippen LogP contribution in [0.4, 0.5) is 0 Å². The number of aromatic nitrogens is 5. The summed E-state index contributed by atoms with van der Waals surface area (Å²) in [6.45, 7) is 6.67. The molecule has 1 aliphatic carbocycles. The minimum absolute atomic E-state index is 0.0202. The lowest BCUT2D eigenvalue weighted by Crippen LogP contribution is -2.17. The number of nitrogens with one attached hydrogen (secondary N) is 2. The van der Waals surface area contributed by atoms with Crippen LogP contribution in [0.3, 0.4) is 0 Å². The molecule has 0 saturated heterocycles. The zero-order chi connectivity index (χ0) is 21.8. The van der Waals surface area contributed by atoms with Gasteiger partial charge in [0, 0.05) is 47.2 Å². The summed E-state index contributed by atoms with van der Waals surface area (Å²) in [6, 6.07) is 9.75. The fourth-order valence-corrected chi connectivity index (χ4v) is 4.47. The van der Waals surface area contributed by atoms with Crippen molar-refractivity contribution in [2.45, 2.75) is 39.7 Å². The molecule has 158 valence electrons. The number of benzene rings is 1. The Morgan fingerprint density at radius 1 is 1.23 bits per heavy atom. The number of nitrogens with zero attached hydrogens (tertiary/aromatic N) is 4. The number of carbonyl (C=O) groups is 1. The molecule has 31 heavy (non-hydrogen) atoms. The Labute approximate surface area is 180 Å². The molecule has 3 heterocycles. The van der Waals surface area contributed by atoms with E-state index in [4.69, 9.17) is 0 Å². The van der Waals surface area contributed by atoms with Crippen LogP contribution < -0.4 is 5.32 Å². The molecule has 0 aliphatic heterocycles. The normalized spacial score (nSPS) is 15.7. The molecule has 0 saturated carbocycles. The summed E-state index contributed by atoms with van der Waals surface area (Å²) in [5.74, 6) is -0.0889. The Bertz CT molecular complexity index is 1280. The van der Waals surface area contributed by atoms with Crippen LogP contribution in [0.2, 0.25) is 0 Å². The maximum absolute atomic E-state index is 11.8. The van der Waals surface area contributed by atoms with Crippen molar-refractivity contribution >= 4 is 16.9 Å². The number of hydrogen-bond donors (Lipinski definition) is 2. The van der Waals surface area contributed by atoms with E-state index in [0.29, 0.717) is 11.2 Å². The van der Waals surface area contributed by atoms with Gasteiger partial charge in [0.05, 0.1) is 11.7 Å². The van der Waals surface area contributed by atoms with Crippen molar-refractivity contribution in [1.29, 1.82) is 0 Å². The van der Waals surface area contributed by atoms with Crippen LogP contribution in [0.5, 0.6) is 0 Å². The van der Waals surface area contributed by atoms with Gasteiger partial charge < -0.3 is 5.32 Å². The number of fused-ring (bicyclic) bond motifs is 2. The van der Waals surface area contributed by atoms with Crippen LogP contribution in [0.15, 0.2) is 42.7 Å². The van der Waals surface area contributed by atoms with Crippen LogP contribution in [0, 0.1) is 5.41 Å².